The summed E-state index contributed by atoms with van der Waals surface area (Å²) < 4.78 is 0. The van der Waals surface area contributed by atoms with Crippen molar-refractivity contribution >= 4 is 5.71 Å². The maximum absolute atomic E-state index is 5.06. The van der Waals surface area contributed by atoms with Crippen LogP contribution in [0.2, 0.25) is 0 Å². The zero-order valence-electron chi connectivity index (χ0n) is 8.63. The summed E-state index contributed by atoms with van der Waals surface area (Å²) in [4.78, 5) is 4.98. The molecule has 0 amide bonds. The second-order valence-corrected chi connectivity index (χ2v) is 4.51. The summed E-state index contributed by atoms with van der Waals surface area (Å²) in [6.45, 7) is 6.98. The fraction of sp³-hybridized carbons (Fsp3) is 0.727. The molecule has 1 aliphatic rings. The molecule has 1 rings (SSSR count). The van der Waals surface area contributed by atoms with E-state index in [1.165, 1.54) is 6.42 Å². The fourth-order valence-electron chi connectivity index (χ4n) is 1.96. The molecule has 0 aromatic carbocycles. The first-order valence-electron chi connectivity index (χ1n) is 4.67. The molecule has 72 valence electrons. The Balaban J connectivity index is 2.53. The van der Waals surface area contributed by atoms with Gasteiger partial charge in [0, 0.05) is 0 Å². The van der Waals surface area contributed by atoms with Crippen molar-refractivity contribution < 1.29 is 4.84 Å². The Morgan fingerprint density at radius 3 is 2.85 bits per heavy atom. The molecule has 0 bridgehead atoms. The van der Waals surface area contributed by atoms with Crippen molar-refractivity contribution in [1.29, 1.82) is 0 Å². The summed E-state index contributed by atoms with van der Waals surface area (Å²) in [5.41, 5.74) is 1.53. The topological polar surface area (TPSA) is 21.6 Å². The second-order valence-electron chi connectivity index (χ2n) is 4.51. The maximum Gasteiger partial charge on any atom is 0.177 e. The van der Waals surface area contributed by atoms with E-state index in [0.717, 1.165) is 12.1 Å². The van der Waals surface area contributed by atoms with Crippen LogP contribution in [0, 0.1) is 23.7 Å². The number of hydrogen-bond acceptors (Lipinski definition) is 2. The summed E-state index contributed by atoms with van der Waals surface area (Å²) in [6.07, 6.45) is 7.27. The van der Waals surface area contributed by atoms with Crippen LogP contribution in [0.5, 0.6) is 0 Å². The largest absolute Gasteiger partial charge is 0.383 e. The minimum atomic E-state index is 0.274. The molecule has 0 N–H and O–H groups in total. The van der Waals surface area contributed by atoms with Gasteiger partial charge in [0.15, 0.2) is 6.61 Å². The van der Waals surface area contributed by atoms with Gasteiger partial charge in [0.2, 0.25) is 0 Å². The molecule has 0 aromatic heterocycles. The minimum absolute atomic E-state index is 0.274. The van der Waals surface area contributed by atoms with Crippen LogP contribution in [-0.4, -0.2) is 12.3 Å². The van der Waals surface area contributed by atoms with Crippen LogP contribution < -0.4 is 0 Å². The predicted molar refractivity (Wildman–Crippen MR) is 54.4 cm³/mol. The van der Waals surface area contributed by atoms with Gasteiger partial charge in [-0.1, -0.05) is 31.8 Å². The summed E-state index contributed by atoms with van der Waals surface area (Å²) in [7, 11) is 0. The van der Waals surface area contributed by atoms with Gasteiger partial charge in [0.05, 0.1) is 5.71 Å². The molecule has 1 unspecified atom stereocenters. The van der Waals surface area contributed by atoms with Crippen LogP contribution in [0.15, 0.2) is 5.16 Å². The Morgan fingerprint density at radius 2 is 2.38 bits per heavy atom. The molecule has 1 saturated carbocycles. The monoisotopic (exact) mass is 179 g/mol. The lowest BCUT2D eigenvalue weighted by molar-refractivity contribution is 0.178. The third kappa shape index (κ3) is 2.77. The standard InChI is InChI=1S/C11H17NO/c1-5-6-13-12-10-8-11(3,4)7-9(10)2/h1,9H,6-8H2,2-4H3/b12-10+. The Labute approximate surface area is 80.3 Å². The van der Waals surface area contributed by atoms with Gasteiger partial charge in [-0.25, -0.2) is 0 Å². The van der Waals surface area contributed by atoms with Gasteiger partial charge in [-0.3, -0.25) is 0 Å². The molecule has 0 spiro atoms. The van der Waals surface area contributed by atoms with Gasteiger partial charge in [-0.2, -0.15) is 0 Å². The van der Waals surface area contributed by atoms with Gasteiger partial charge in [-0.05, 0) is 24.2 Å². The highest BCUT2D eigenvalue weighted by Crippen LogP contribution is 2.38. The molecular weight excluding hydrogens is 162 g/mol. The van der Waals surface area contributed by atoms with E-state index < -0.39 is 0 Å². The molecule has 13 heavy (non-hydrogen) atoms. The van der Waals surface area contributed by atoms with E-state index in [4.69, 9.17) is 11.3 Å². The van der Waals surface area contributed by atoms with Crippen molar-refractivity contribution in [1.82, 2.24) is 0 Å². The third-order valence-electron chi connectivity index (χ3n) is 2.42. The molecule has 1 aliphatic carbocycles. The second kappa shape index (κ2) is 3.83. The van der Waals surface area contributed by atoms with Crippen LogP contribution in [0.3, 0.4) is 0 Å². The molecule has 1 atom stereocenters. The van der Waals surface area contributed by atoms with Crippen molar-refractivity contribution in [3.05, 3.63) is 0 Å². The number of hydrogen-bond donors (Lipinski definition) is 0. The molecule has 2 heteroatoms. The number of oxime groups is 1. The first kappa shape index (κ1) is 10.1. The summed E-state index contributed by atoms with van der Waals surface area (Å²) in [5.74, 6) is 2.93. The molecular formula is C11H17NO. The van der Waals surface area contributed by atoms with Crippen molar-refractivity contribution in [3.63, 3.8) is 0 Å². The highest BCUT2D eigenvalue weighted by molar-refractivity contribution is 5.88. The van der Waals surface area contributed by atoms with E-state index >= 15 is 0 Å². The van der Waals surface area contributed by atoms with Gasteiger partial charge in [0.25, 0.3) is 0 Å². The van der Waals surface area contributed by atoms with Gasteiger partial charge in [0.1, 0.15) is 0 Å². The minimum Gasteiger partial charge on any atom is -0.383 e. The Hall–Kier alpha value is -0.970. The van der Waals surface area contributed by atoms with E-state index in [0.29, 0.717) is 11.3 Å². The highest BCUT2D eigenvalue weighted by atomic mass is 16.6. The van der Waals surface area contributed by atoms with Gasteiger partial charge >= 0.3 is 0 Å². The Bertz CT molecular complexity index is 247. The van der Waals surface area contributed by atoms with E-state index in [2.05, 4.69) is 31.8 Å². The summed E-state index contributed by atoms with van der Waals surface area (Å²) in [5, 5.41) is 4.06. The van der Waals surface area contributed by atoms with Crippen LogP contribution in [0.4, 0.5) is 0 Å². The van der Waals surface area contributed by atoms with E-state index in [1.54, 1.807) is 0 Å². The smallest absolute Gasteiger partial charge is 0.177 e. The van der Waals surface area contributed by atoms with E-state index in [1.807, 2.05) is 0 Å². The van der Waals surface area contributed by atoms with Crippen LogP contribution in [0.25, 0.3) is 0 Å². The molecule has 0 aliphatic heterocycles. The first-order valence-corrected chi connectivity index (χ1v) is 4.67. The highest BCUT2D eigenvalue weighted by Gasteiger charge is 2.34. The van der Waals surface area contributed by atoms with Crippen LogP contribution in [-0.2, 0) is 4.84 Å². The number of rotatable bonds is 2. The number of terminal acetylenes is 1. The lowest BCUT2D eigenvalue weighted by atomic mass is 9.91. The average molecular weight is 179 g/mol. The fourth-order valence-corrected chi connectivity index (χ4v) is 1.96. The molecule has 0 aromatic rings. The zero-order chi connectivity index (χ0) is 9.90. The Kier molecular flexibility index (Phi) is 2.98. The molecule has 0 radical (unpaired) electrons. The zero-order valence-corrected chi connectivity index (χ0v) is 8.63. The van der Waals surface area contributed by atoms with E-state index in [9.17, 15) is 0 Å². The summed E-state index contributed by atoms with van der Waals surface area (Å²) in [6, 6.07) is 0. The third-order valence-corrected chi connectivity index (χ3v) is 2.42. The van der Waals surface area contributed by atoms with Crippen molar-refractivity contribution in [2.45, 2.75) is 33.6 Å². The van der Waals surface area contributed by atoms with Crippen LogP contribution in [0.1, 0.15) is 33.6 Å². The molecule has 0 saturated heterocycles. The number of nitrogens with zero attached hydrogens (tertiary/aromatic N) is 1. The van der Waals surface area contributed by atoms with Crippen LogP contribution >= 0.6 is 0 Å². The maximum atomic E-state index is 5.06. The molecule has 2 nitrogen and oxygen atoms in total. The van der Waals surface area contributed by atoms with Crippen molar-refractivity contribution in [2.24, 2.45) is 16.5 Å². The first-order chi connectivity index (χ1) is 6.05. The van der Waals surface area contributed by atoms with E-state index in [-0.39, 0.29) is 6.61 Å². The lowest BCUT2D eigenvalue weighted by Crippen LogP contribution is -2.05. The normalized spacial score (nSPS) is 28.8. The predicted octanol–water partition coefficient (Wildman–Crippen LogP) is 2.45. The average Bonchev–Trinajstić information content (AvgIpc) is 2.25. The quantitative estimate of drug-likeness (QED) is 0.362. The Morgan fingerprint density at radius 1 is 1.69 bits per heavy atom. The van der Waals surface area contributed by atoms with Gasteiger partial charge in [-0.15, -0.1) is 6.42 Å². The SMILES string of the molecule is C#CCO/N=C1\CC(C)(C)CC1C. The lowest BCUT2D eigenvalue weighted by Gasteiger charge is -2.14. The van der Waals surface area contributed by atoms with Crippen molar-refractivity contribution in [2.75, 3.05) is 6.61 Å². The van der Waals surface area contributed by atoms with Gasteiger partial charge < -0.3 is 4.84 Å². The summed E-state index contributed by atoms with van der Waals surface area (Å²) >= 11 is 0. The molecule has 1 fully saturated rings. The van der Waals surface area contributed by atoms with Crippen molar-refractivity contribution in [3.8, 4) is 12.3 Å². The molecule has 0 heterocycles.